The van der Waals surface area contributed by atoms with Crippen molar-refractivity contribution in [1.29, 1.82) is 0 Å². The molecule has 11 heavy (non-hydrogen) atoms. The fraction of sp³-hybridized carbons (Fsp3) is 0.571. The lowest BCUT2D eigenvalue weighted by Crippen LogP contribution is -1.76. The molecule has 0 aliphatic carbocycles. The van der Waals surface area contributed by atoms with Crippen molar-refractivity contribution >= 4 is 34.4 Å². The van der Waals surface area contributed by atoms with E-state index in [0.717, 1.165) is 14.7 Å². The summed E-state index contributed by atoms with van der Waals surface area (Å²) >= 11 is 3.80. The molecule has 2 nitrogen and oxygen atoms in total. The number of halogens is 1. The maximum atomic E-state index is 5.27. The minimum atomic E-state index is 0.794. The summed E-state index contributed by atoms with van der Waals surface area (Å²) in [5.74, 6) is 1.10. The summed E-state index contributed by atoms with van der Waals surface area (Å²) in [4.78, 5) is 4.08. The molecule has 0 fully saturated rings. The lowest BCUT2D eigenvalue weighted by molar-refractivity contribution is 0.432. The van der Waals surface area contributed by atoms with E-state index in [-0.39, 0.29) is 0 Å². The zero-order valence-electron chi connectivity index (χ0n) is 6.34. The molecule has 0 bridgehead atoms. The van der Waals surface area contributed by atoms with Crippen molar-refractivity contribution in [2.24, 2.45) is 0 Å². The fourth-order valence-electron chi connectivity index (χ4n) is 0.610. The molecule has 0 amide bonds. The summed E-state index contributed by atoms with van der Waals surface area (Å²) in [7, 11) is 0. The Morgan fingerprint density at radius 2 is 2.55 bits per heavy atom. The molecule has 0 spiro atoms. The molecular weight excluding hydrogens is 273 g/mol. The zero-order valence-corrected chi connectivity index (χ0v) is 9.31. The van der Waals surface area contributed by atoms with Crippen molar-refractivity contribution < 1.29 is 4.42 Å². The molecule has 0 atom stereocenters. The minimum absolute atomic E-state index is 0.794. The summed E-state index contributed by atoms with van der Waals surface area (Å²) in [6, 6.07) is 0. The second kappa shape index (κ2) is 5.03. The number of unbranched alkanes of at least 4 members (excludes halogenated alkanes) is 1. The fourth-order valence-corrected chi connectivity index (χ4v) is 1.99. The highest BCUT2D eigenvalue weighted by atomic mass is 127. The Morgan fingerprint density at radius 1 is 1.73 bits per heavy atom. The quantitative estimate of drug-likeness (QED) is 0.482. The van der Waals surface area contributed by atoms with Crippen LogP contribution in [-0.2, 0) is 0 Å². The van der Waals surface area contributed by atoms with Crippen molar-refractivity contribution in [2.75, 3.05) is 5.75 Å². The zero-order chi connectivity index (χ0) is 8.10. The Bertz CT molecular complexity index is 214. The molecule has 0 N–H and O–H groups in total. The van der Waals surface area contributed by atoms with E-state index in [0.29, 0.717) is 0 Å². The van der Waals surface area contributed by atoms with Crippen LogP contribution < -0.4 is 0 Å². The van der Waals surface area contributed by atoms with Crippen LogP contribution in [0.3, 0.4) is 0 Å². The van der Waals surface area contributed by atoms with Crippen LogP contribution in [-0.4, -0.2) is 10.7 Å². The van der Waals surface area contributed by atoms with Crippen molar-refractivity contribution in [2.45, 2.75) is 25.0 Å². The third kappa shape index (κ3) is 3.46. The molecule has 0 aromatic carbocycles. The van der Waals surface area contributed by atoms with Gasteiger partial charge in [-0.2, -0.15) is 0 Å². The van der Waals surface area contributed by atoms with E-state index in [9.17, 15) is 0 Å². The smallest absolute Gasteiger partial charge is 0.256 e. The lowest BCUT2D eigenvalue weighted by Gasteiger charge is -1.91. The van der Waals surface area contributed by atoms with E-state index in [1.807, 2.05) is 0 Å². The molecule has 0 aliphatic heterocycles. The highest BCUT2D eigenvalue weighted by molar-refractivity contribution is 14.1. The van der Waals surface area contributed by atoms with Gasteiger partial charge >= 0.3 is 0 Å². The van der Waals surface area contributed by atoms with Crippen LogP contribution in [0.25, 0.3) is 0 Å². The van der Waals surface area contributed by atoms with Gasteiger partial charge in [0.05, 0.1) is 6.20 Å². The standard InChI is InChI=1S/C7H10INOS/c1-2-3-4-11-7-9-5-6(8)10-7/h5H,2-4H2,1H3. The normalized spacial score (nSPS) is 10.4. The average molecular weight is 283 g/mol. The first-order valence-electron chi connectivity index (χ1n) is 3.57. The van der Waals surface area contributed by atoms with Gasteiger partial charge in [0, 0.05) is 28.3 Å². The van der Waals surface area contributed by atoms with Gasteiger partial charge in [-0.1, -0.05) is 25.1 Å². The van der Waals surface area contributed by atoms with Gasteiger partial charge in [0.1, 0.15) is 0 Å². The summed E-state index contributed by atoms with van der Waals surface area (Å²) < 4.78 is 6.13. The van der Waals surface area contributed by atoms with E-state index in [1.54, 1.807) is 18.0 Å². The number of oxazole rings is 1. The minimum Gasteiger partial charge on any atom is -0.425 e. The molecular formula is C7H10INOS. The Morgan fingerprint density at radius 3 is 3.09 bits per heavy atom. The van der Waals surface area contributed by atoms with Crippen molar-refractivity contribution in [3.8, 4) is 0 Å². The van der Waals surface area contributed by atoms with Crippen molar-refractivity contribution in [3.63, 3.8) is 0 Å². The van der Waals surface area contributed by atoms with Gasteiger partial charge in [-0.3, -0.25) is 0 Å². The van der Waals surface area contributed by atoms with E-state index in [1.165, 1.54) is 12.8 Å². The largest absolute Gasteiger partial charge is 0.425 e. The van der Waals surface area contributed by atoms with E-state index in [4.69, 9.17) is 4.42 Å². The predicted octanol–water partition coefficient (Wildman–Crippen LogP) is 3.17. The molecule has 1 aromatic heterocycles. The molecule has 0 saturated heterocycles. The number of hydrogen-bond acceptors (Lipinski definition) is 3. The maximum Gasteiger partial charge on any atom is 0.256 e. The van der Waals surface area contributed by atoms with Crippen LogP contribution in [0.4, 0.5) is 0 Å². The van der Waals surface area contributed by atoms with Gasteiger partial charge in [-0.05, 0) is 6.42 Å². The molecule has 0 saturated carbocycles. The van der Waals surface area contributed by atoms with Crippen LogP contribution in [0.1, 0.15) is 19.8 Å². The molecule has 0 unspecified atom stereocenters. The molecule has 1 heterocycles. The summed E-state index contributed by atoms with van der Waals surface area (Å²) in [5.41, 5.74) is 0. The Labute approximate surface area is 84.3 Å². The topological polar surface area (TPSA) is 26.0 Å². The van der Waals surface area contributed by atoms with Gasteiger partial charge < -0.3 is 4.42 Å². The molecule has 4 heteroatoms. The third-order valence-corrected chi connectivity index (χ3v) is 2.61. The second-order valence-corrected chi connectivity index (χ2v) is 4.24. The highest BCUT2D eigenvalue weighted by Crippen LogP contribution is 2.19. The maximum absolute atomic E-state index is 5.27. The lowest BCUT2D eigenvalue weighted by atomic mass is 10.4. The summed E-state index contributed by atoms with van der Waals surface area (Å²) in [6.45, 7) is 2.18. The summed E-state index contributed by atoms with van der Waals surface area (Å²) in [5, 5.41) is 0.794. The number of nitrogens with zero attached hydrogens (tertiary/aromatic N) is 1. The molecule has 1 rings (SSSR count). The van der Waals surface area contributed by atoms with Crippen LogP contribution in [0.5, 0.6) is 0 Å². The number of rotatable bonds is 4. The molecule has 0 aliphatic rings. The van der Waals surface area contributed by atoms with Crippen LogP contribution in [0.2, 0.25) is 0 Å². The number of hydrogen-bond donors (Lipinski definition) is 0. The van der Waals surface area contributed by atoms with Gasteiger partial charge in [-0.15, -0.1) is 0 Å². The Balaban J connectivity index is 2.27. The Kier molecular flexibility index (Phi) is 4.29. The Hall–Kier alpha value is 0.290. The number of aromatic nitrogens is 1. The van der Waals surface area contributed by atoms with E-state index < -0.39 is 0 Å². The van der Waals surface area contributed by atoms with Gasteiger partial charge in [0.15, 0.2) is 3.77 Å². The van der Waals surface area contributed by atoms with Crippen molar-refractivity contribution in [1.82, 2.24) is 4.98 Å². The summed E-state index contributed by atoms with van der Waals surface area (Å²) in [6.07, 6.45) is 4.20. The number of thioether (sulfide) groups is 1. The van der Waals surface area contributed by atoms with Gasteiger partial charge in [0.2, 0.25) is 0 Å². The molecule has 62 valence electrons. The second-order valence-electron chi connectivity index (χ2n) is 2.13. The van der Waals surface area contributed by atoms with Gasteiger partial charge in [-0.25, -0.2) is 4.98 Å². The van der Waals surface area contributed by atoms with E-state index in [2.05, 4.69) is 34.5 Å². The SMILES string of the molecule is CCCCSc1ncc(I)o1. The van der Waals surface area contributed by atoms with Crippen LogP contribution >= 0.6 is 34.4 Å². The van der Waals surface area contributed by atoms with E-state index >= 15 is 0 Å². The first-order valence-corrected chi connectivity index (χ1v) is 5.63. The first kappa shape index (κ1) is 9.38. The van der Waals surface area contributed by atoms with Gasteiger partial charge in [0.25, 0.3) is 5.22 Å². The monoisotopic (exact) mass is 283 g/mol. The van der Waals surface area contributed by atoms with Crippen molar-refractivity contribution in [3.05, 3.63) is 9.96 Å². The highest BCUT2D eigenvalue weighted by Gasteiger charge is 1.99. The molecule has 0 radical (unpaired) electrons. The average Bonchev–Trinajstić information content (AvgIpc) is 2.37. The predicted molar refractivity (Wildman–Crippen MR) is 54.9 cm³/mol. The third-order valence-electron chi connectivity index (χ3n) is 1.18. The van der Waals surface area contributed by atoms with Crippen LogP contribution in [0.15, 0.2) is 15.8 Å². The molecule has 1 aromatic rings. The van der Waals surface area contributed by atoms with Crippen LogP contribution in [0, 0.1) is 3.77 Å². The first-order chi connectivity index (χ1) is 5.33.